The molecule has 1 heterocycles. The zero-order chi connectivity index (χ0) is 13.7. The van der Waals surface area contributed by atoms with Gasteiger partial charge in [0.1, 0.15) is 0 Å². The van der Waals surface area contributed by atoms with Gasteiger partial charge in [0.05, 0.1) is 6.10 Å². The maximum atomic E-state index is 5.52. The van der Waals surface area contributed by atoms with Gasteiger partial charge in [0.15, 0.2) is 5.16 Å². The molecule has 19 heavy (non-hydrogen) atoms. The van der Waals surface area contributed by atoms with Crippen molar-refractivity contribution >= 4 is 17.7 Å². The first-order chi connectivity index (χ1) is 9.17. The summed E-state index contributed by atoms with van der Waals surface area (Å²) in [4.78, 5) is 12.7. The smallest absolute Gasteiger partial charge is 0.322 e. The normalized spacial score (nSPS) is 16.6. The van der Waals surface area contributed by atoms with Crippen molar-refractivity contribution in [2.75, 3.05) is 5.43 Å². The molecule has 0 aliphatic heterocycles. The van der Waals surface area contributed by atoms with Gasteiger partial charge in [-0.15, -0.1) is 0 Å². The number of hydrazine groups is 1. The Morgan fingerprint density at radius 2 is 1.95 bits per heavy atom. The third-order valence-corrected chi connectivity index (χ3v) is 4.09. The molecule has 2 rings (SSSR count). The predicted octanol–water partition coefficient (Wildman–Crippen LogP) is 2.37. The van der Waals surface area contributed by atoms with Gasteiger partial charge in [-0.2, -0.15) is 15.0 Å². The Kier molecular flexibility index (Phi) is 5.21. The summed E-state index contributed by atoms with van der Waals surface area (Å²) in [6, 6.07) is 0.330. The highest BCUT2D eigenvalue weighted by Crippen LogP contribution is 2.32. The molecule has 0 amide bonds. The lowest BCUT2D eigenvalue weighted by molar-refractivity contribution is 0.219. The highest BCUT2D eigenvalue weighted by Gasteiger charge is 2.17. The van der Waals surface area contributed by atoms with E-state index in [2.05, 4.69) is 20.4 Å². The minimum absolute atomic E-state index is 0.0283. The molecule has 0 unspecified atom stereocenters. The largest absolute Gasteiger partial charge is 0.461 e. The van der Waals surface area contributed by atoms with Crippen LogP contribution in [-0.2, 0) is 0 Å². The Morgan fingerprint density at radius 1 is 1.21 bits per heavy atom. The van der Waals surface area contributed by atoms with Gasteiger partial charge in [-0.3, -0.25) is 5.43 Å². The summed E-state index contributed by atoms with van der Waals surface area (Å²) in [6.07, 6.45) is 6.40. The van der Waals surface area contributed by atoms with Crippen molar-refractivity contribution in [3.8, 4) is 6.01 Å². The van der Waals surface area contributed by atoms with Crippen molar-refractivity contribution in [3.05, 3.63) is 0 Å². The lowest BCUT2D eigenvalue weighted by Crippen LogP contribution is -2.16. The van der Waals surface area contributed by atoms with Crippen molar-refractivity contribution < 1.29 is 4.74 Å². The van der Waals surface area contributed by atoms with Crippen molar-refractivity contribution in [3.63, 3.8) is 0 Å². The van der Waals surface area contributed by atoms with Gasteiger partial charge < -0.3 is 4.74 Å². The average Bonchev–Trinajstić information content (AvgIpc) is 2.38. The molecule has 7 heteroatoms. The molecule has 6 nitrogen and oxygen atoms in total. The van der Waals surface area contributed by atoms with Gasteiger partial charge in [0.25, 0.3) is 0 Å². The summed E-state index contributed by atoms with van der Waals surface area (Å²) in [5.41, 5.74) is 2.46. The number of hydrogen-bond donors (Lipinski definition) is 2. The fourth-order valence-corrected chi connectivity index (χ4v) is 3.19. The van der Waals surface area contributed by atoms with E-state index in [1.54, 1.807) is 11.8 Å². The van der Waals surface area contributed by atoms with Crippen LogP contribution in [0.2, 0.25) is 0 Å². The van der Waals surface area contributed by atoms with E-state index in [4.69, 9.17) is 10.6 Å². The first-order valence-electron chi connectivity index (χ1n) is 6.73. The van der Waals surface area contributed by atoms with Gasteiger partial charge in [-0.1, -0.05) is 31.0 Å². The molecular weight excluding hydrogens is 262 g/mol. The van der Waals surface area contributed by atoms with E-state index in [1.165, 1.54) is 32.1 Å². The SMILES string of the molecule is CC(C)Oc1nc(NN)nc(SC2CCCCC2)n1. The van der Waals surface area contributed by atoms with Crippen LogP contribution in [0.15, 0.2) is 5.16 Å². The minimum Gasteiger partial charge on any atom is -0.461 e. The molecule has 3 N–H and O–H groups in total. The molecule has 0 radical (unpaired) electrons. The summed E-state index contributed by atoms with van der Waals surface area (Å²) in [5.74, 6) is 5.73. The second-order valence-electron chi connectivity index (χ2n) is 4.91. The van der Waals surface area contributed by atoms with Crippen LogP contribution in [0.5, 0.6) is 6.01 Å². The standard InChI is InChI=1S/C12H21N5OS/c1-8(2)18-11-14-10(17-13)15-12(16-11)19-9-6-4-3-5-7-9/h8-9H,3-7,13H2,1-2H3,(H,14,15,16,17). The molecule has 0 aromatic carbocycles. The van der Waals surface area contributed by atoms with E-state index in [0.717, 1.165) is 0 Å². The van der Waals surface area contributed by atoms with Crippen LogP contribution in [0.3, 0.4) is 0 Å². The molecule has 1 saturated carbocycles. The quantitative estimate of drug-likeness (QED) is 0.633. The minimum atomic E-state index is 0.0283. The van der Waals surface area contributed by atoms with Gasteiger partial charge in [-0.25, -0.2) is 5.84 Å². The zero-order valence-electron chi connectivity index (χ0n) is 11.4. The molecule has 0 spiro atoms. The first kappa shape index (κ1) is 14.3. The number of nitrogens with two attached hydrogens (primary N) is 1. The van der Waals surface area contributed by atoms with E-state index in [0.29, 0.717) is 22.4 Å². The number of thioether (sulfide) groups is 1. The molecule has 0 saturated heterocycles. The number of aromatic nitrogens is 3. The Labute approximate surface area is 117 Å². The molecule has 1 aliphatic rings. The number of rotatable bonds is 5. The average molecular weight is 283 g/mol. The van der Waals surface area contributed by atoms with Gasteiger partial charge >= 0.3 is 6.01 Å². The summed E-state index contributed by atoms with van der Waals surface area (Å²) in [5, 5.41) is 1.28. The van der Waals surface area contributed by atoms with Crippen molar-refractivity contribution in [1.82, 2.24) is 15.0 Å². The molecule has 1 aromatic heterocycles. The lowest BCUT2D eigenvalue weighted by atomic mass is 10.0. The highest BCUT2D eigenvalue weighted by atomic mass is 32.2. The van der Waals surface area contributed by atoms with Crippen LogP contribution in [-0.4, -0.2) is 26.3 Å². The van der Waals surface area contributed by atoms with Gasteiger partial charge in [0.2, 0.25) is 5.95 Å². The molecule has 1 aromatic rings. The zero-order valence-corrected chi connectivity index (χ0v) is 12.2. The van der Waals surface area contributed by atoms with E-state index < -0.39 is 0 Å². The number of nitrogens with zero attached hydrogens (tertiary/aromatic N) is 3. The molecular formula is C12H21N5OS. The van der Waals surface area contributed by atoms with E-state index in [1.807, 2.05) is 13.8 Å². The van der Waals surface area contributed by atoms with Gasteiger partial charge in [0, 0.05) is 5.25 Å². The maximum Gasteiger partial charge on any atom is 0.322 e. The second-order valence-corrected chi connectivity index (χ2v) is 6.18. The monoisotopic (exact) mass is 283 g/mol. The number of ether oxygens (including phenoxy) is 1. The summed E-state index contributed by atoms with van der Waals surface area (Å²) >= 11 is 1.70. The lowest BCUT2D eigenvalue weighted by Gasteiger charge is -2.20. The van der Waals surface area contributed by atoms with Gasteiger partial charge in [-0.05, 0) is 26.7 Å². The molecule has 106 valence electrons. The molecule has 1 fully saturated rings. The van der Waals surface area contributed by atoms with Crippen LogP contribution >= 0.6 is 11.8 Å². The van der Waals surface area contributed by atoms with Crippen LogP contribution in [0, 0.1) is 0 Å². The molecule has 0 atom stereocenters. The van der Waals surface area contributed by atoms with Crippen molar-refractivity contribution in [2.24, 2.45) is 5.84 Å². The Bertz CT molecular complexity index is 409. The summed E-state index contributed by atoms with van der Waals surface area (Å²) in [7, 11) is 0. The number of nitrogen functional groups attached to an aromatic ring is 1. The molecule has 1 aliphatic carbocycles. The predicted molar refractivity (Wildman–Crippen MR) is 76.1 cm³/mol. The maximum absolute atomic E-state index is 5.52. The fourth-order valence-electron chi connectivity index (χ4n) is 2.05. The topological polar surface area (TPSA) is 86.0 Å². The van der Waals surface area contributed by atoms with Crippen LogP contribution in [0.25, 0.3) is 0 Å². The van der Waals surface area contributed by atoms with E-state index in [9.17, 15) is 0 Å². The Morgan fingerprint density at radius 3 is 2.58 bits per heavy atom. The third kappa shape index (κ3) is 4.50. The van der Waals surface area contributed by atoms with Crippen LogP contribution < -0.4 is 16.0 Å². The Hall–Kier alpha value is -1.08. The second kappa shape index (κ2) is 6.91. The summed E-state index contributed by atoms with van der Waals surface area (Å²) < 4.78 is 5.52. The fraction of sp³-hybridized carbons (Fsp3) is 0.750. The number of hydrogen-bond acceptors (Lipinski definition) is 7. The van der Waals surface area contributed by atoms with Crippen molar-refractivity contribution in [1.29, 1.82) is 0 Å². The van der Waals surface area contributed by atoms with E-state index in [-0.39, 0.29) is 6.10 Å². The highest BCUT2D eigenvalue weighted by molar-refractivity contribution is 7.99. The molecule has 0 bridgehead atoms. The number of anilines is 1. The van der Waals surface area contributed by atoms with Crippen LogP contribution in [0.4, 0.5) is 5.95 Å². The van der Waals surface area contributed by atoms with Crippen LogP contribution in [0.1, 0.15) is 46.0 Å². The summed E-state index contributed by atoms with van der Waals surface area (Å²) in [6.45, 7) is 3.88. The third-order valence-electron chi connectivity index (χ3n) is 2.89. The van der Waals surface area contributed by atoms with Crippen molar-refractivity contribution in [2.45, 2.75) is 62.5 Å². The number of nitrogens with one attached hydrogen (secondary N) is 1. The Balaban J connectivity index is 2.09. The van der Waals surface area contributed by atoms with E-state index >= 15 is 0 Å². The first-order valence-corrected chi connectivity index (χ1v) is 7.61.